The van der Waals surface area contributed by atoms with Crippen LogP contribution >= 0.6 is 0 Å². The molecular weight excluding hydrogens is 293 g/mol. The number of carbonyl (C=O) groups excluding carboxylic acids is 1. The summed E-state index contributed by atoms with van der Waals surface area (Å²) in [6, 6.07) is 3.49. The number of hydrogen-bond acceptors (Lipinski definition) is 2. The van der Waals surface area contributed by atoms with Crippen LogP contribution in [0.4, 0.5) is 18.9 Å². The third kappa shape index (κ3) is 3.43. The molecule has 0 saturated heterocycles. The molecule has 1 aliphatic carbocycles. The fourth-order valence-corrected chi connectivity index (χ4v) is 3.10. The Morgan fingerprint density at radius 2 is 1.91 bits per heavy atom. The molecule has 0 radical (unpaired) electrons. The molecule has 0 unspecified atom stereocenters. The van der Waals surface area contributed by atoms with Gasteiger partial charge in [0.1, 0.15) is 0 Å². The number of nitrogens with two attached hydrogens (primary N) is 1. The Labute approximate surface area is 128 Å². The molecule has 1 aromatic carbocycles. The maximum atomic E-state index is 12.9. The van der Waals surface area contributed by atoms with Gasteiger partial charge in [-0.05, 0) is 43.0 Å². The van der Waals surface area contributed by atoms with Gasteiger partial charge in [0.2, 0.25) is 5.91 Å². The summed E-state index contributed by atoms with van der Waals surface area (Å²) in [5.74, 6) is -0.185. The highest BCUT2D eigenvalue weighted by Crippen LogP contribution is 2.42. The van der Waals surface area contributed by atoms with Gasteiger partial charge in [-0.3, -0.25) is 4.79 Å². The van der Waals surface area contributed by atoms with Crippen molar-refractivity contribution in [3.8, 4) is 0 Å². The molecule has 3 nitrogen and oxygen atoms in total. The minimum Gasteiger partial charge on any atom is -0.326 e. The maximum absolute atomic E-state index is 12.9. The zero-order chi connectivity index (χ0) is 16.4. The number of hydrogen-bond donors (Lipinski definition) is 2. The van der Waals surface area contributed by atoms with Crippen molar-refractivity contribution in [2.45, 2.75) is 51.7 Å². The van der Waals surface area contributed by atoms with E-state index in [9.17, 15) is 18.0 Å². The molecule has 22 heavy (non-hydrogen) atoms. The first-order valence-corrected chi connectivity index (χ1v) is 7.53. The van der Waals surface area contributed by atoms with E-state index >= 15 is 0 Å². The van der Waals surface area contributed by atoms with Crippen LogP contribution in [-0.4, -0.2) is 5.91 Å². The van der Waals surface area contributed by atoms with Crippen LogP contribution in [0.3, 0.4) is 0 Å². The number of benzene rings is 1. The summed E-state index contributed by atoms with van der Waals surface area (Å²) in [5, 5.41) is 2.67. The summed E-state index contributed by atoms with van der Waals surface area (Å²) in [6.45, 7) is 1.94. The number of rotatable bonds is 4. The highest BCUT2D eigenvalue weighted by atomic mass is 19.4. The van der Waals surface area contributed by atoms with Crippen molar-refractivity contribution in [3.63, 3.8) is 0 Å². The van der Waals surface area contributed by atoms with E-state index in [0.29, 0.717) is 12.0 Å². The Morgan fingerprint density at radius 1 is 1.27 bits per heavy atom. The average Bonchev–Trinajstić information content (AvgIpc) is 2.96. The van der Waals surface area contributed by atoms with Crippen LogP contribution in [-0.2, 0) is 17.5 Å². The fraction of sp³-hybridized carbons (Fsp3) is 0.562. The summed E-state index contributed by atoms with van der Waals surface area (Å²) >= 11 is 0. The van der Waals surface area contributed by atoms with Gasteiger partial charge in [-0.25, -0.2) is 0 Å². The number of nitrogens with one attached hydrogen (secondary N) is 1. The van der Waals surface area contributed by atoms with E-state index in [2.05, 4.69) is 5.32 Å². The Kier molecular flexibility index (Phi) is 4.80. The molecule has 1 saturated carbocycles. The van der Waals surface area contributed by atoms with Crippen molar-refractivity contribution in [1.29, 1.82) is 0 Å². The zero-order valence-electron chi connectivity index (χ0n) is 12.6. The van der Waals surface area contributed by atoms with Gasteiger partial charge in [0.15, 0.2) is 0 Å². The van der Waals surface area contributed by atoms with Crippen LogP contribution in [0, 0.1) is 5.41 Å². The van der Waals surface area contributed by atoms with Crippen LogP contribution in [0.1, 0.15) is 50.2 Å². The largest absolute Gasteiger partial charge is 0.416 e. The second kappa shape index (κ2) is 6.28. The van der Waals surface area contributed by atoms with E-state index in [1.807, 2.05) is 6.92 Å². The van der Waals surface area contributed by atoms with Gasteiger partial charge < -0.3 is 11.1 Å². The van der Waals surface area contributed by atoms with Gasteiger partial charge >= 0.3 is 6.18 Å². The van der Waals surface area contributed by atoms with Crippen LogP contribution < -0.4 is 11.1 Å². The highest BCUT2D eigenvalue weighted by molar-refractivity contribution is 5.95. The Bertz CT molecular complexity index is 549. The quantitative estimate of drug-likeness (QED) is 0.880. The lowest BCUT2D eigenvalue weighted by molar-refractivity contribution is -0.137. The van der Waals surface area contributed by atoms with E-state index < -0.39 is 17.2 Å². The van der Waals surface area contributed by atoms with Crippen LogP contribution in [0.15, 0.2) is 18.2 Å². The second-order valence-electron chi connectivity index (χ2n) is 5.92. The average molecular weight is 314 g/mol. The molecule has 2 rings (SSSR count). The van der Waals surface area contributed by atoms with Crippen molar-refractivity contribution in [2.24, 2.45) is 11.1 Å². The van der Waals surface area contributed by atoms with Gasteiger partial charge in [-0.1, -0.05) is 19.8 Å². The van der Waals surface area contributed by atoms with E-state index in [1.165, 1.54) is 6.07 Å². The third-order valence-corrected chi connectivity index (χ3v) is 4.53. The topological polar surface area (TPSA) is 55.1 Å². The Balaban J connectivity index is 2.27. The number of halogens is 3. The number of anilines is 1. The Hall–Kier alpha value is -1.56. The molecule has 6 heteroatoms. The molecule has 0 aromatic heterocycles. The normalized spacial score (nSPS) is 17.5. The highest BCUT2D eigenvalue weighted by Gasteiger charge is 2.39. The molecule has 1 amide bonds. The first kappa shape index (κ1) is 16.8. The molecule has 0 aliphatic heterocycles. The molecule has 0 bridgehead atoms. The molecule has 0 atom stereocenters. The summed E-state index contributed by atoms with van der Waals surface area (Å²) in [6.07, 6.45) is -0.214. The standard InChI is InChI=1S/C16H21F3N2O/c1-2-15(5-3-4-6-15)14(22)21-13-8-11(10-20)7-12(9-13)16(17,18)19/h7-9H,2-6,10,20H2,1H3,(H,21,22). The van der Waals surface area contributed by atoms with Gasteiger partial charge in [0.05, 0.1) is 5.56 Å². The molecular formula is C16H21F3N2O. The minimum atomic E-state index is -4.46. The van der Waals surface area contributed by atoms with Gasteiger partial charge in [0.25, 0.3) is 0 Å². The van der Waals surface area contributed by atoms with Crippen molar-refractivity contribution in [2.75, 3.05) is 5.32 Å². The molecule has 1 aromatic rings. The Morgan fingerprint density at radius 3 is 2.41 bits per heavy atom. The smallest absolute Gasteiger partial charge is 0.326 e. The number of amides is 1. The van der Waals surface area contributed by atoms with Crippen LogP contribution in [0.2, 0.25) is 0 Å². The lowest BCUT2D eigenvalue weighted by Gasteiger charge is -2.26. The SMILES string of the molecule is CCC1(C(=O)Nc2cc(CN)cc(C(F)(F)F)c2)CCCC1. The molecule has 1 aliphatic rings. The first-order valence-electron chi connectivity index (χ1n) is 7.53. The fourth-order valence-electron chi connectivity index (χ4n) is 3.10. The van der Waals surface area contributed by atoms with Crippen molar-refractivity contribution in [1.82, 2.24) is 0 Å². The second-order valence-corrected chi connectivity index (χ2v) is 5.92. The van der Waals surface area contributed by atoms with E-state index in [-0.39, 0.29) is 18.1 Å². The molecule has 122 valence electrons. The molecule has 1 fully saturated rings. The van der Waals surface area contributed by atoms with E-state index in [1.54, 1.807) is 0 Å². The van der Waals surface area contributed by atoms with Crippen molar-refractivity contribution < 1.29 is 18.0 Å². The summed E-state index contributed by atoms with van der Waals surface area (Å²) in [4.78, 5) is 12.5. The predicted octanol–water partition coefficient (Wildman–Crippen LogP) is 4.07. The van der Waals surface area contributed by atoms with Crippen LogP contribution in [0.25, 0.3) is 0 Å². The monoisotopic (exact) mass is 314 g/mol. The lowest BCUT2D eigenvalue weighted by atomic mass is 9.82. The van der Waals surface area contributed by atoms with Crippen molar-refractivity contribution in [3.05, 3.63) is 29.3 Å². The summed E-state index contributed by atoms with van der Waals surface area (Å²) in [7, 11) is 0. The van der Waals surface area contributed by atoms with Crippen molar-refractivity contribution >= 4 is 11.6 Å². The summed E-state index contributed by atoms with van der Waals surface area (Å²) < 4.78 is 38.7. The predicted molar refractivity (Wildman–Crippen MR) is 79.2 cm³/mol. The van der Waals surface area contributed by atoms with E-state index in [0.717, 1.165) is 37.8 Å². The number of alkyl halides is 3. The third-order valence-electron chi connectivity index (χ3n) is 4.53. The molecule has 3 N–H and O–H groups in total. The maximum Gasteiger partial charge on any atom is 0.416 e. The zero-order valence-corrected chi connectivity index (χ0v) is 12.6. The summed E-state index contributed by atoms with van der Waals surface area (Å²) in [5.41, 5.74) is 4.74. The van der Waals surface area contributed by atoms with Gasteiger partial charge in [0, 0.05) is 17.6 Å². The van der Waals surface area contributed by atoms with Gasteiger partial charge in [-0.15, -0.1) is 0 Å². The number of carbonyl (C=O) groups is 1. The minimum absolute atomic E-state index is 0.00822. The molecule has 0 heterocycles. The van der Waals surface area contributed by atoms with Gasteiger partial charge in [-0.2, -0.15) is 13.2 Å². The van der Waals surface area contributed by atoms with E-state index in [4.69, 9.17) is 5.73 Å². The first-order chi connectivity index (χ1) is 10.3. The van der Waals surface area contributed by atoms with Crippen LogP contribution in [0.5, 0.6) is 0 Å². The lowest BCUT2D eigenvalue weighted by Crippen LogP contribution is -2.33. The molecule has 0 spiro atoms.